The van der Waals surface area contributed by atoms with E-state index in [0.717, 1.165) is 38.6 Å². The molecule has 100 valence electrons. The summed E-state index contributed by atoms with van der Waals surface area (Å²) in [4.78, 5) is 9.91. The highest BCUT2D eigenvalue weighted by Gasteiger charge is 2.10. The predicted octanol–water partition coefficient (Wildman–Crippen LogP) is 3.62. The molecule has 2 rings (SSSR count). The minimum absolute atomic E-state index is 0.737. The molecule has 0 amide bonds. The summed E-state index contributed by atoms with van der Waals surface area (Å²) in [6, 6.07) is 7.88. The molecule has 0 spiro atoms. The van der Waals surface area contributed by atoms with Gasteiger partial charge in [0.05, 0.1) is 5.02 Å². The van der Waals surface area contributed by atoms with Crippen molar-refractivity contribution < 1.29 is 0 Å². The highest BCUT2D eigenvalue weighted by Crippen LogP contribution is 2.34. The van der Waals surface area contributed by atoms with Crippen molar-refractivity contribution in [3.8, 4) is 0 Å². The Labute approximate surface area is 122 Å². The lowest BCUT2D eigenvalue weighted by molar-refractivity contribution is 0.802. The largest absolute Gasteiger partial charge is 0.316 e. The van der Waals surface area contributed by atoms with E-state index in [0.29, 0.717) is 0 Å². The summed E-state index contributed by atoms with van der Waals surface area (Å²) in [5.41, 5.74) is 3.09. The lowest BCUT2D eigenvalue weighted by Crippen LogP contribution is -2.06. The van der Waals surface area contributed by atoms with Gasteiger partial charge in [-0.15, -0.1) is 0 Å². The van der Waals surface area contributed by atoms with Gasteiger partial charge in [-0.1, -0.05) is 23.7 Å². The second-order valence-corrected chi connectivity index (χ2v) is 5.68. The van der Waals surface area contributed by atoms with E-state index in [9.17, 15) is 0 Å². The van der Waals surface area contributed by atoms with Crippen LogP contribution >= 0.6 is 23.4 Å². The quantitative estimate of drug-likeness (QED) is 0.874. The standard InChI is InChI=1S/C14H16ClN3S/c1-9-7-10(2)18-14(17-9)19-13-11(8-16-3)5-4-6-12(13)15/h4-7,16H,8H2,1-3H3. The van der Waals surface area contributed by atoms with E-state index >= 15 is 0 Å². The summed E-state index contributed by atoms with van der Waals surface area (Å²) < 4.78 is 0. The van der Waals surface area contributed by atoms with Crippen LogP contribution in [0, 0.1) is 13.8 Å². The highest BCUT2D eigenvalue weighted by atomic mass is 35.5. The Morgan fingerprint density at radius 3 is 2.53 bits per heavy atom. The summed E-state index contributed by atoms with van der Waals surface area (Å²) in [5.74, 6) is 0. The van der Waals surface area contributed by atoms with Gasteiger partial charge in [-0.25, -0.2) is 9.97 Å². The van der Waals surface area contributed by atoms with Crippen molar-refractivity contribution in [2.45, 2.75) is 30.4 Å². The molecule has 5 heteroatoms. The third kappa shape index (κ3) is 3.69. The maximum absolute atomic E-state index is 6.29. The minimum Gasteiger partial charge on any atom is -0.316 e. The molecular weight excluding hydrogens is 278 g/mol. The number of nitrogens with one attached hydrogen (secondary N) is 1. The van der Waals surface area contributed by atoms with Gasteiger partial charge in [0.25, 0.3) is 0 Å². The second-order valence-electron chi connectivity index (χ2n) is 4.29. The average Bonchev–Trinajstić information content (AvgIpc) is 2.32. The van der Waals surface area contributed by atoms with Gasteiger partial charge in [0.2, 0.25) is 0 Å². The molecule has 0 unspecified atom stereocenters. The minimum atomic E-state index is 0.737. The van der Waals surface area contributed by atoms with Crippen molar-refractivity contribution in [1.82, 2.24) is 15.3 Å². The van der Waals surface area contributed by atoms with Gasteiger partial charge in [0.1, 0.15) is 0 Å². The normalized spacial score (nSPS) is 10.7. The summed E-state index contributed by atoms with van der Waals surface area (Å²) in [7, 11) is 1.92. The molecule has 2 aromatic rings. The van der Waals surface area contributed by atoms with Gasteiger partial charge in [0.15, 0.2) is 5.16 Å². The van der Waals surface area contributed by atoms with Crippen LogP contribution in [0.25, 0.3) is 0 Å². The number of hydrogen-bond donors (Lipinski definition) is 1. The van der Waals surface area contributed by atoms with Gasteiger partial charge in [-0.2, -0.15) is 0 Å². The van der Waals surface area contributed by atoms with Crippen LogP contribution in [0.5, 0.6) is 0 Å². The highest BCUT2D eigenvalue weighted by molar-refractivity contribution is 7.99. The van der Waals surface area contributed by atoms with E-state index in [1.54, 1.807) is 0 Å². The van der Waals surface area contributed by atoms with Gasteiger partial charge in [0, 0.05) is 22.8 Å². The summed E-state index contributed by atoms with van der Waals surface area (Å²) in [6.45, 7) is 4.72. The number of benzene rings is 1. The third-order valence-electron chi connectivity index (χ3n) is 2.57. The zero-order valence-corrected chi connectivity index (χ0v) is 12.8. The average molecular weight is 294 g/mol. The Hall–Kier alpha value is -1.10. The number of halogens is 1. The van der Waals surface area contributed by atoms with E-state index in [1.807, 2.05) is 39.1 Å². The van der Waals surface area contributed by atoms with Crippen LogP contribution in [-0.2, 0) is 6.54 Å². The first-order valence-electron chi connectivity index (χ1n) is 6.02. The van der Waals surface area contributed by atoms with Crippen LogP contribution in [0.3, 0.4) is 0 Å². The Balaban J connectivity index is 2.36. The van der Waals surface area contributed by atoms with Crippen LogP contribution in [-0.4, -0.2) is 17.0 Å². The third-order valence-corrected chi connectivity index (χ3v) is 4.05. The molecule has 0 aliphatic heterocycles. The predicted molar refractivity (Wildman–Crippen MR) is 79.8 cm³/mol. The van der Waals surface area contributed by atoms with E-state index in [4.69, 9.17) is 11.6 Å². The number of nitrogens with zero attached hydrogens (tertiary/aromatic N) is 2. The molecule has 1 N–H and O–H groups in total. The van der Waals surface area contributed by atoms with Crippen LogP contribution < -0.4 is 5.32 Å². The number of hydrogen-bond acceptors (Lipinski definition) is 4. The first-order chi connectivity index (χ1) is 9.10. The molecule has 0 aliphatic rings. The molecule has 3 nitrogen and oxygen atoms in total. The molecule has 0 atom stereocenters. The van der Waals surface area contributed by atoms with E-state index in [2.05, 4.69) is 21.4 Å². The summed E-state index contributed by atoms with van der Waals surface area (Å²) >= 11 is 7.81. The van der Waals surface area contributed by atoms with Gasteiger partial charge < -0.3 is 5.32 Å². The molecule has 19 heavy (non-hydrogen) atoms. The van der Waals surface area contributed by atoms with E-state index in [-0.39, 0.29) is 0 Å². The van der Waals surface area contributed by atoms with Gasteiger partial charge >= 0.3 is 0 Å². The molecule has 1 aromatic carbocycles. The van der Waals surface area contributed by atoms with Crippen molar-refractivity contribution in [3.05, 3.63) is 46.2 Å². The summed E-state index contributed by atoms with van der Waals surface area (Å²) in [5, 5.41) is 4.62. The molecular formula is C14H16ClN3S. The van der Waals surface area contributed by atoms with Crippen molar-refractivity contribution in [3.63, 3.8) is 0 Å². The Morgan fingerprint density at radius 1 is 1.21 bits per heavy atom. The molecule has 1 heterocycles. The fraction of sp³-hybridized carbons (Fsp3) is 0.286. The molecule has 0 radical (unpaired) electrons. The van der Waals surface area contributed by atoms with Gasteiger partial charge in [-0.3, -0.25) is 0 Å². The SMILES string of the molecule is CNCc1cccc(Cl)c1Sc1nc(C)cc(C)n1. The van der Waals surface area contributed by atoms with Crippen LogP contribution in [0.4, 0.5) is 0 Å². The molecule has 0 bridgehead atoms. The molecule has 0 fully saturated rings. The van der Waals surface area contributed by atoms with Crippen LogP contribution in [0.1, 0.15) is 17.0 Å². The maximum atomic E-state index is 6.29. The lowest BCUT2D eigenvalue weighted by atomic mass is 10.2. The van der Waals surface area contributed by atoms with E-state index < -0.39 is 0 Å². The van der Waals surface area contributed by atoms with Crippen molar-refractivity contribution in [2.75, 3.05) is 7.05 Å². The number of aryl methyl sites for hydroxylation is 2. The van der Waals surface area contributed by atoms with Crippen molar-refractivity contribution in [1.29, 1.82) is 0 Å². The molecule has 0 aliphatic carbocycles. The van der Waals surface area contributed by atoms with Crippen molar-refractivity contribution >= 4 is 23.4 Å². The Bertz CT molecular complexity index is 567. The maximum Gasteiger partial charge on any atom is 0.192 e. The van der Waals surface area contributed by atoms with E-state index in [1.165, 1.54) is 11.8 Å². The zero-order valence-electron chi connectivity index (χ0n) is 11.2. The smallest absolute Gasteiger partial charge is 0.192 e. The molecule has 0 saturated heterocycles. The fourth-order valence-electron chi connectivity index (χ4n) is 1.83. The van der Waals surface area contributed by atoms with Crippen LogP contribution in [0.2, 0.25) is 5.02 Å². The van der Waals surface area contributed by atoms with Crippen LogP contribution in [0.15, 0.2) is 34.3 Å². The second kappa shape index (κ2) is 6.37. The lowest BCUT2D eigenvalue weighted by Gasteiger charge is -2.10. The van der Waals surface area contributed by atoms with Crippen molar-refractivity contribution in [2.24, 2.45) is 0 Å². The number of aromatic nitrogens is 2. The first-order valence-corrected chi connectivity index (χ1v) is 7.21. The zero-order chi connectivity index (χ0) is 13.8. The Kier molecular flexibility index (Phi) is 4.80. The first kappa shape index (κ1) is 14.3. The molecule has 0 saturated carbocycles. The summed E-state index contributed by atoms with van der Waals surface area (Å²) in [6.07, 6.45) is 0. The van der Waals surface area contributed by atoms with Gasteiger partial charge in [-0.05, 0) is 50.4 Å². The Morgan fingerprint density at radius 2 is 1.89 bits per heavy atom. The monoisotopic (exact) mass is 293 g/mol. The molecule has 1 aromatic heterocycles. The fourth-order valence-corrected chi connectivity index (χ4v) is 3.14. The number of rotatable bonds is 4. The topological polar surface area (TPSA) is 37.8 Å².